The first kappa shape index (κ1) is 16.1. The molecule has 1 aliphatic carbocycles. The van der Waals surface area contributed by atoms with Gasteiger partial charge in [-0.05, 0) is 25.3 Å². The largest absolute Gasteiger partial charge is 0.354 e. The lowest BCUT2D eigenvalue weighted by molar-refractivity contribution is 0.0455. The number of nitrogens with one attached hydrogen (secondary N) is 1. The molecule has 7 heteroatoms. The first-order valence-electron chi connectivity index (χ1n) is 8.01. The zero-order valence-corrected chi connectivity index (χ0v) is 13.2. The fourth-order valence-electron chi connectivity index (χ4n) is 3.47. The van der Waals surface area contributed by atoms with E-state index in [1.807, 2.05) is 0 Å². The van der Waals surface area contributed by atoms with Crippen LogP contribution < -0.4 is 0 Å². The lowest BCUT2D eigenvalue weighted by atomic mass is 9.93. The number of hydrogen-bond acceptors (Lipinski definition) is 3. The lowest BCUT2D eigenvalue weighted by Crippen LogP contribution is -2.49. The van der Waals surface area contributed by atoms with Gasteiger partial charge in [0.1, 0.15) is 5.69 Å². The second-order valence-corrected chi connectivity index (χ2v) is 6.24. The lowest BCUT2D eigenvalue weighted by Gasteiger charge is -2.34. The predicted molar refractivity (Wildman–Crippen MR) is 81.1 cm³/mol. The number of rotatable bonds is 3. The molecule has 1 aromatic heterocycles. The second-order valence-electron chi connectivity index (χ2n) is 6.24. The van der Waals surface area contributed by atoms with Gasteiger partial charge in [0.25, 0.3) is 12.3 Å². The van der Waals surface area contributed by atoms with Crippen LogP contribution in [0.25, 0.3) is 0 Å². The molecule has 23 heavy (non-hydrogen) atoms. The quantitative estimate of drug-likeness (QED) is 0.923. The summed E-state index contributed by atoms with van der Waals surface area (Å²) in [4.78, 5) is 31.2. The van der Waals surface area contributed by atoms with Crippen LogP contribution in [0, 0.1) is 6.92 Å². The van der Waals surface area contributed by atoms with Gasteiger partial charge in [0.15, 0.2) is 5.78 Å². The summed E-state index contributed by atoms with van der Waals surface area (Å²) in [6, 6.07) is 0. The van der Waals surface area contributed by atoms with Gasteiger partial charge in [0.05, 0.1) is 6.54 Å². The van der Waals surface area contributed by atoms with E-state index in [4.69, 9.17) is 0 Å². The van der Waals surface area contributed by atoms with Gasteiger partial charge < -0.3 is 9.88 Å². The van der Waals surface area contributed by atoms with Crippen molar-refractivity contribution >= 4 is 11.7 Å². The Hall–Kier alpha value is -1.76. The number of carbonyl (C=O) groups is 2. The van der Waals surface area contributed by atoms with Crippen LogP contribution in [0.5, 0.6) is 0 Å². The van der Waals surface area contributed by atoms with E-state index < -0.39 is 6.43 Å². The Labute approximate surface area is 133 Å². The number of piperazine rings is 1. The molecule has 1 saturated heterocycles. The van der Waals surface area contributed by atoms with Crippen molar-refractivity contribution in [2.45, 2.75) is 32.6 Å². The highest BCUT2D eigenvalue weighted by Crippen LogP contribution is 2.27. The number of carbonyl (C=O) groups excluding carboxylic acids is 2. The molecule has 0 bridgehead atoms. The van der Waals surface area contributed by atoms with E-state index in [1.54, 1.807) is 16.7 Å². The zero-order chi connectivity index (χ0) is 16.6. The molecule has 1 N–H and O–H groups in total. The number of aromatic amines is 1. The van der Waals surface area contributed by atoms with Crippen molar-refractivity contribution in [3.05, 3.63) is 22.5 Å². The highest BCUT2D eigenvalue weighted by atomic mass is 19.3. The van der Waals surface area contributed by atoms with Crippen molar-refractivity contribution in [2.24, 2.45) is 0 Å². The van der Waals surface area contributed by atoms with Crippen molar-refractivity contribution in [3.8, 4) is 0 Å². The molecule has 0 unspecified atom stereocenters. The normalized spacial score (nSPS) is 19.3. The molecule has 1 fully saturated rings. The average molecular weight is 325 g/mol. The minimum Gasteiger partial charge on any atom is -0.354 e. The molecule has 5 nitrogen and oxygen atoms in total. The summed E-state index contributed by atoms with van der Waals surface area (Å²) in [5, 5.41) is 0. The van der Waals surface area contributed by atoms with Gasteiger partial charge >= 0.3 is 0 Å². The second kappa shape index (κ2) is 6.39. The number of aromatic nitrogens is 1. The van der Waals surface area contributed by atoms with Crippen LogP contribution in [0.15, 0.2) is 0 Å². The maximum atomic E-state index is 12.7. The zero-order valence-electron chi connectivity index (χ0n) is 13.2. The van der Waals surface area contributed by atoms with Crippen molar-refractivity contribution in [3.63, 3.8) is 0 Å². The fourth-order valence-corrected chi connectivity index (χ4v) is 3.47. The maximum absolute atomic E-state index is 12.7. The summed E-state index contributed by atoms with van der Waals surface area (Å²) in [6.07, 6.45) is -0.213. The molecule has 2 heterocycles. The van der Waals surface area contributed by atoms with Crippen molar-refractivity contribution in [2.75, 3.05) is 32.7 Å². The van der Waals surface area contributed by atoms with E-state index in [2.05, 4.69) is 4.98 Å². The molecule has 0 aromatic carbocycles. The highest BCUT2D eigenvalue weighted by molar-refractivity contribution is 6.04. The van der Waals surface area contributed by atoms with Gasteiger partial charge in [-0.2, -0.15) is 0 Å². The highest BCUT2D eigenvalue weighted by Gasteiger charge is 2.30. The summed E-state index contributed by atoms with van der Waals surface area (Å²) >= 11 is 0. The summed E-state index contributed by atoms with van der Waals surface area (Å²) in [7, 11) is 0. The molecule has 0 radical (unpaired) electrons. The van der Waals surface area contributed by atoms with E-state index in [9.17, 15) is 18.4 Å². The molecular weight excluding hydrogens is 304 g/mol. The fraction of sp³-hybridized carbons (Fsp3) is 0.625. The van der Waals surface area contributed by atoms with Crippen molar-refractivity contribution in [1.82, 2.24) is 14.8 Å². The minimum atomic E-state index is -2.35. The number of Topliss-reactive ketones (excluding diaryl/α,β-unsaturated/α-hetero) is 1. The molecule has 0 saturated carbocycles. The monoisotopic (exact) mass is 325 g/mol. The number of halogens is 2. The average Bonchev–Trinajstić information content (AvgIpc) is 2.85. The van der Waals surface area contributed by atoms with E-state index in [-0.39, 0.29) is 18.2 Å². The molecule has 126 valence electrons. The van der Waals surface area contributed by atoms with E-state index >= 15 is 0 Å². The topological polar surface area (TPSA) is 56.4 Å². The third kappa shape index (κ3) is 3.15. The summed E-state index contributed by atoms with van der Waals surface area (Å²) in [5.74, 6) is -0.0396. The third-order valence-corrected chi connectivity index (χ3v) is 4.71. The van der Waals surface area contributed by atoms with E-state index in [0.717, 1.165) is 24.1 Å². The summed E-state index contributed by atoms with van der Waals surface area (Å²) in [6.45, 7) is 3.33. The van der Waals surface area contributed by atoms with Gasteiger partial charge in [0, 0.05) is 43.9 Å². The molecular formula is C16H21F2N3O2. The Kier molecular flexibility index (Phi) is 4.48. The molecule has 0 spiro atoms. The first-order valence-corrected chi connectivity index (χ1v) is 8.01. The predicted octanol–water partition coefficient (Wildman–Crippen LogP) is 1.87. The van der Waals surface area contributed by atoms with Crippen LogP contribution in [-0.2, 0) is 6.42 Å². The summed E-state index contributed by atoms with van der Waals surface area (Å²) in [5.41, 5.74) is 2.74. The van der Waals surface area contributed by atoms with Crippen LogP contribution in [0.4, 0.5) is 8.78 Å². The number of nitrogens with zero attached hydrogens (tertiary/aromatic N) is 2. The van der Waals surface area contributed by atoms with E-state index in [0.29, 0.717) is 43.9 Å². The third-order valence-electron chi connectivity index (χ3n) is 4.71. The van der Waals surface area contributed by atoms with E-state index in [1.165, 1.54) is 0 Å². The van der Waals surface area contributed by atoms with Crippen LogP contribution in [-0.4, -0.2) is 65.6 Å². The first-order chi connectivity index (χ1) is 11.0. The Morgan fingerprint density at radius 3 is 2.52 bits per heavy atom. The van der Waals surface area contributed by atoms with Gasteiger partial charge in [-0.15, -0.1) is 0 Å². The molecule has 0 atom stereocenters. The molecule has 2 aliphatic rings. The molecule has 1 aliphatic heterocycles. The number of alkyl halides is 2. The van der Waals surface area contributed by atoms with Crippen LogP contribution >= 0.6 is 0 Å². The van der Waals surface area contributed by atoms with Crippen molar-refractivity contribution < 1.29 is 18.4 Å². The standard InChI is InChI=1S/C16H21F2N3O2/c1-10-14-11(3-2-4-12(14)22)19-15(10)16(23)21-7-5-20(6-8-21)9-13(17)18/h13,19H,2-9H2,1H3. The summed E-state index contributed by atoms with van der Waals surface area (Å²) < 4.78 is 24.8. The maximum Gasteiger partial charge on any atom is 0.270 e. The van der Waals surface area contributed by atoms with Gasteiger partial charge in [-0.3, -0.25) is 14.5 Å². The molecule has 1 amide bonds. The molecule has 3 rings (SSSR count). The van der Waals surface area contributed by atoms with Crippen LogP contribution in [0.2, 0.25) is 0 Å². The Morgan fingerprint density at radius 1 is 1.22 bits per heavy atom. The Morgan fingerprint density at radius 2 is 1.91 bits per heavy atom. The Bertz CT molecular complexity index is 619. The van der Waals surface area contributed by atoms with Crippen LogP contribution in [0.1, 0.15) is 44.9 Å². The number of H-pyrrole nitrogens is 1. The number of fused-ring (bicyclic) bond motifs is 1. The van der Waals surface area contributed by atoms with Crippen molar-refractivity contribution in [1.29, 1.82) is 0 Å². The number of ketones is 1. The SMILES string of the molecule is Cc1c(C(=O)N2CCN(CC(F)F)CC2)[nH]c2c1C(=O)CCC2. The number of aryl methyl sites for hydroxylation is 1. The van der Waals surface area contributed by atoms with Gasteiger partial charge in [-0.25, -0.2) is 8.78 Å². The Balaban J connectivity index is 1.71. The van der Waals surface area contributed by atoms with Gasteiger partial charge in [-0.1, -0.05) is 0 Å². The number of amides is 1. The molecule has 1 aromatic rings. The smallest absolute Gasteiger partial charge is 0.270 e. The minimum absolute atomic E-state index is 0.0980. The van der Waals surface area contributed by atoms with Crippen LogP contribution in [0.3, 0.4) is 0 Å². The number of hydrogen-bond donors (Lipinski definition) is 1. The van der Waals surface area contributed by atoms with Gasteiger partial charge in [0.2, 0.25) is 0 Å².